The Hall–Kier alpha value is -2.11. The first kappa shape index (κ1) is 18.7. The van der Waals surface area contributed by atoms with Crippen LogP contribution < -0.4 is 5.32 Å². The van der Waals surface area contributed by atoms with E-state index in [1.54, 1.807) is 6.07 Å². The number of amides is 2. The van der Waals surface area contributed by atoms with E-state index in [1.165, 1.54) is 18.2 Å². The van der Waals surface area contributed by atoms with Crippen LogP contribution in [0.4, 0.5) is 14.9 Å². The Morgan fingerprint density at radius 2 is 2.12 bits per heavy atom. The van der Waals surface area contributed by atoms with Gasteiger partial charge < -0.3 is 9.64 Å². The molecule has 142 valence electrons. The molecule has 0 radical (unpaired) electrons. The Morgan fingerprint density at radius 1 is 1.35 bits per heavy atom. The number of anilines is 1. The second-order valence-electron chi connectivity index (χ2n) is 7.63. The van der Waals surface area contributed by atoms with E-state index in [2.05, 4.69) is 12.2 Å². The van der Waals surface area contributed by atoms with Gasteiger partial charge in [0.15, 0.2) is 0 Å². The van der Waals surface area contributed by atoms with Crippen LogP contribution in [0.25, 0.3) is 0 Å². The molecule has 1 saturated heterocycles. The number of hydrogen-bond acceptors (Lipinski definition) is 3. The van der Waals surface area contributed by atoms with Gasteiger partial charge in [0.1, 0.15) is 5.82 Å². The summed E-state index contributed by atoms with van der Waals surface area (Å²) in [5.41, 5.74) is 0.237. The minimum absolute atomic E-state index is 0.123. The molecule has 1 aliphatic carbocycles. The molecule has 1 aromatic carbocycles. The lowest BCUT2D eigenvalue weighted by atomic mass is 9.70. The maximum atomic E-state index is 13.1. The fraction of sp³-hybridized carbons (Fsp3) is 0.600. The van der Waals surface area contributed by atoms with Crippen molar-refractivity contribution in [2.45, 2.75) is 45.4 Å². The maximum absolute atomic E-state index is 13.1. The lowest BCUT2D eigenvalue weighted by Crippen LogP contribution is -2.37. The van der Waals surface area contributed by atoms with E-state index in [1.807, 2.05) is 4.90 Å². The fourth-order valence-electron chi connectivity index (χ4n) is 4.03. The highest BCUT2D eigenvalue weighted by Gasteiger charge is 2.47. The fourth-order valence-corrected chi connectivity index (χ4v) is 4.03. The van der Waals surface area contributed by atoms with Gasteiger partial charge in [-0.2, -0.15) is 0 Å². The molecule has 6 heteroatoms. The molecule has 2 amide bonds. The number of carbonyl (C=O) groups is 2. The summed E-state index contributed by atoms with van der Waals surface area (Å²) in [4.78, 5) is 26.4. The molecule has 0 unspecified atom stereocenters. The standard InChI is InChI=1S/C20H27FN2O3/c1-15-6-8-20(9-7-15)10-12-23(18(20)24)11-3-13-26-19(25)22-17-5-2-4-16(21)14-17/h2,4-5,14-15H,3,6-13H2,1H3,(H,22,25). The molecule has 2 fully saturated rings. The number of nitrogens with one attached hydrogen (secondary N) is 1. The van der Waals surface area contributed by atoms with Gasteiger partial charge in [0.25, 0.3) is 0 Å². The van der Waals surface area contributed by atoms with Gasteiger partial charge in [0.2, 0.25) is 5.91 Å². The van der Waals surface area contributed by atoms with Crippen molar-refractivity contribution in [3.8, 4) is 0 Å². The molecule has 5 nitrogen and oxygen atoms in total. The van der Waals surface area contributed by atoms with E-state index >= 15 is 0 Å². The molecule has 1 N–H and O–H groups in total. The third-order valence-corrected chi connectivity index (χ3v) is 5.71. The molecule has 1 saturated carbocycles. The highest BCUT2D eigenvalue weighted by atomic mass is 19.1. The van der Waals surface area contributed by atoms with E-state index in [0.717, 1.165) is 44.6 Å². The average Bonchev–Trinajstić information content (AvgIpc) is 2.91. The second kappa shape index (κ2) is 8.06. The molecule has 1 aliphatic heterocycles. The molecule has 1 aromatic rings. The molecule has 0 bridgehead atoms. The van der Waals surface area contributed by atoms with Crippen LogP contribution in [-0.2, 0) is 9.53 Å². The number of rotatable bonds is 5. The Kier molecular flexibility index (Phi) is 5.79. The number of nitrogens with zero attached hydrogens (tertiary/aromatic N) is 1. The quantitative estimate of drug-likeness (QED) is 0.799. The van der Waals surface area contributed by atoms with Crippen molar-refractivity contribution in [1.29, 1.82) is 0 Å². The van der Waals surface area contributed by atoms with Gasteiger partial charge >= 0.3 is 6.09 Å². The van der Waals surface area contributed by atoms with E-state index in [9.17, 15) is 14.0 Å². The van der Waals surface area contributed by atoms with E-state index < -0.39 is 11.9 Å². The minimum atomic E-state index is -0.610. The normalized spacial score (nSPS) is 25.5. The van der Waals surface area contributed by atoms with Crippen molar-refractivity contribution in [2.75, 3.05) is 25.0 Å². The Labute approximate surface area is 153 Å². The maximum Gasteiger partial charge on any atom is 0.411 e. The first-order chi connectivity index (χ1) is 12.5. The van der Waals surface area contributed by atoms with Gasteiger partial charge in [0, 0.05) is 18.8 Å². The molecule has 1 heterocycles. The summed E-state index contributed by atoms with van der Waals surface area (Å²) < 4.78 is 18.2. The minimum Gasteiger partial charge on any atom is -0.449 e. The summed E-state index contributed by atoms with van der Waals surface area (Å²) in [7, 11) is 0. The zero-order chi connectivity index (χ0) is 18.6. The topological polar surface area (TPSA) is 58.6 Å². The van der Waals surface area contributed by atoms with Crippen molar-refractivity contribution in [3.05, 3.63) is 30.1 Å². The van der Waals surface area contributed by atoms with Crippen LogP contribution in [0.5, 0.6) is 0 Å². The predicted octanol–water partition coefficient (Wildman–Crippen LogP) is 4.19. The van der Waals surface area contributed by atoms with Crippen molar-refractivity contribution < 1.29 is 18.7 Å². The Morgan fingerprint density at radius 3 is 2.85 bits per heavy atom. The molecule has 0 atom stereocenters. The summed E-state index contributed by atoms with van der Waals surface area (Å²) >= 11 is 0. The Bertz CT molecular complexity index is 656. The zero-order valence-corrected chi connectivity index (χ0v) is 15.3. The predicted molar refractivity (Wildman–Crippen MR) is 97.2 cm³/mol. The second-order valence-corrected chi connectivity index (χ2v) is 7.63. The van der Waals surface area contributed by atoms with Gasteiger partial charge in [-0.25, -0.2) is 9.18 Å². The van der Waals surface area contributed by atoms with E-state index in [-0.39, 0.29) is 17.9 Å². The smallest absolute Gasteiger partial charge is 0.411 e. The Balaban J connectivity index is 1.37. The van der Waals surface area contributed by atoms with Crippen LogP contribution in [0.1, 0.15) is 45.4 Å². The summed E-state index contributed by atoms with van der Waals surface area (Å²) in [6, 6.07) is 5.65. The summed E-state index contributed by atoms with van der Waals surface area (Å²) in [5.74, 6) is 0.600. The van der Waals surface area contributed by atoms with Crippen LogP contribution in [0.3, 0.4) is 0 Å². The molecule has 26 heavy (non-hydrogen) atoms. The monoisotopic (exact) mass is 362 g/mol. The number of ether oxygens (including phenoxy) is 1. The van der Waals surface area contributed by atoms with Crippen LogP contribution in [0.2, 0.25) is 0 Å². The first-order valence-electron chi connectivity index (χ1n) is 9.47. The SMILES string of the molecule is CC1CCC2(CC1)CCN(CCCOC(=O)Nc1cccc(F)c1)C2=O. The number of likely N-dealkylation sites (tertiary alicyclic amines) is 1. The van der Waals surface area contributed by atoms with Gasteiger partial charge in [-0.15, -0.1) is 0 Å². The number of halogens is 1. The number of hydrogen-bond donors (Lipinski definition) is 1. The summed E-state index contributed by atoms with van der Waals surface area (Å²) in [6.45, 7) is 3.91. The highest BCUT2D eigenvalue weighted by molar-refractivity contribution is 5.85. The van der Waals surface area contributed by atoms with Gasteiger partial charge in [-0.05, 0) is 62.6 Å². The van der Waals surface area contributed by atoms with Crippen molar-refractivity contribution in [3.63, 3.8) is 0 Å². The molecular weight excluding hydrogens is 335 g/mol. The molecule has 0 aromatic heterocycles. The third-order valence-electron chi connectivity index (χ3n) is 5.71. The third kappa shape index (κ3) is 4.34. The highest BCUT2D eigenvalue weighted by Crippen LogP contribution is 2.46. The van der Waals surface area contributed by atoms with Crippen LogP contribution in [0.15, 0.2) is 24.3 Å². The van der Waals surface area contributed by atoms with E-state index in [0.29, 0.717) is 18.7 Å². The largest absolute Gasteiger partial charge is 0.449 e. The summed E-state index contributed by atoms with van der Waals surface area (Å²) in [5, 5.41) is 2.49. The van der Waals surface area contributed by atoms with E-state index in [4.69, 9.17) is 4.74 Å². The number of carbonyl (C=O) groups excluding carboxylic acids is 2. The van der Waals surface area contributed by atoms with Crippen LogP contribution >= 0.6 is 0 Å². The van der Waals surface area contributed by atoms with Gasteiger partial charge in [-0.3, -0.25) is 10.1 Å². The molecule has 1 spiro atoms. The zero-order valence-electron chi connectivity index (χ0n) is 15.3. The van der Waals surface area contributed by atoms with Crippen LogP contribution in [-0.4, -0.2) is 36.6 Å². The van der Waals surface area contributed by atoms with Crippen molar-refractivity contribution in [2.24, 2.45) is 11.3 Å². The molecular formula is C20H27FN2O3. The molecule has 2 aliphatic rings. The van der Waals surface area contributed by atoms with Crippen molar-refractivity contribution >= 4 is 17.7 Å². The first-order valence-corrected chi connectivity index (χ1v) is 9.47. The van der Waals surface area contributed by atoms with Crippen LogP contribution in [0, 0.1) is 17.2 Å². The van der Waals surface area contributed by atoms with Gasteiger partial charge in [-0.1, -0.05) is 13.0 Å². The molecule has 3 rings (SSSR count). The number of benzene rings is 1. The van der Waals surface area contributed by atoms with Gasteiger partial charge in [0.05, 0.1) is 12.0 Å². The average molecular weight is 362 g/mol. The van der Waals surface area contributed by atoms with Crippen molar-refractivity contribution in [1.82, 2.24) is 4.90 Å². The lowest BCUT2D eigenvalue weighted by Gasteiger charge is -2.34. The lowest BCUT2D eigenvalue weighted by molar-refractivity contribution is -0.138. The summed E-state index contributed by atoms with van der Waals surface area (Å²) in [6.07, 6.45) is 5.26.